The Morgan fingerprint density at radius 3 is 0.783 bits per heavy atom. The minimum absolute atomic E-state index is 0.0989. The van der Waals surface area contributed by atoms with Crippen molar-refractivity contribution in [3.8, 4) is 0 Å². The number of hydrogen-bond donors (Lipinski definition) is 2. The van der Waals surface area contributed by atoms with Gasteiger partial charge in [-0.05, 0) is 25.0 Å². The molecule has 0 radical (unpaired) electrons. The third-order valence-electron chi connectivity index (χ3n) is 9.78. The van der Waals surface area contributed by atoms with Gasteiger partial charge in [-0.2, -0.15) is 0 Å². The van der Waals surface area contributed by atoms with Crippen LogP contribution in [0.2, 0.25) is 0 Å². The van der Waals surface area contributed by atoms with Crippen molar-refractivity contribution in [1.29, 1.82) is 10.8 Å². The molecule has 46 heavy (non-hydrogen) atoms. The second-order valence-corrected chi connectivity index (χ2v) is 14.2. The maximum Gasteiger partial charge on any atom is 0.165 e. The van der Waals surface area contributed by atoms with Crippen molar-refractivity contribution in [2.24, 2.45) is 0 Å². The maximum absolute atomic E-state index is 13.1. The first-order valence-corrected chi connectivity index (χ1v) is 20.2. The molecule has 1 rings (SSSR count). The van der Waals surface area contributed by atoms with Crippen molar-refractivity contribution in [1.82, 2.24) is 0 Å². The van der Waals surface area contributed by atoms with Crippen molar-refractivity contribution < 1.29 is 9.59 Å². The average Bonchev–Trinajstić information content (AvgIpc) is 3.05. The second-order valence-electron chi connectivity index (χ2n) is 14.2. The number of unbranched alkanes of at least 4 members (excludes halogenated alkanes) is 28. The Morgan fingerprint density at radius 2 is 0.565 bits per heavy atom. The first-order valence-electron chi connectivity index (χ1n) is 20.2. The number of allylic oxidation sites excluding steroid dienone is 4. The molecule has 4 nitrogen and oxygen atoms in total. The van der Waals surface area contributed by atoms with Crippen LogP contribution in [0, 0.1) is 10.8 Å². The lowest BCUT2D eigenvalue weighted by Gasteiger charge is -2.17. The minimum Gasteiger partial charge on any atom is -0.300 e. The standard InChI is InChI=1S/C42H74N2O2/c1-3-5-7-9-11-13-15-17-19-21-23-25-27-29-31-33-39(45)41-37(43)35-36-38(44)42(41)40(46)34-32-30-28-26-24-22-20-18-16-14-12-10-8-6-4-2/h35-36,43-44H,3-34H2,1-2H3. The highest BCUT2D eigenvalue weighted by Crippen LogP contribution is 2.23. The highest BCUT2D eigenvalue weighted by atomic mass is 16.1. The van der Waals surface area contributed by atoms with Crippen LogP contribution in [0.15, 0.2) is 23.3 Å². The fourth-order valence-corrected chi connectivity index (χ4v) is 6.75. The third-order valence-corrected chi connectivity index (χ3v) is 9.78. The summed E-state index contributed by atoms with van der Waals surface area (Å²) in [4.78, 5) is 26.3. The van der Waals surface area contributed by atoms with Gasteiger partial charge in [-0.1, -0.05) is 194 Å². The van der Waals surface area contributed by atoms with Gasteiger partial charge in [0.05, 0.1) is 22.6 Å². The van der Waals surface area contributed by atoms with Gasteiger partial charge in [0.1, 0.15) is 0 Å². The van der Waals surface area contributed by atoms with E-state index in [1.807, 2.05) is 0 Å². The summed E-state index contributed by atoms with van der Waals surface area (Å²) < 4.78 is 0. The van der Waals surface area contributed by atoms with Crippen molar-refractivity contribution in [2.45, 2.75) is 219 Å². The van der Waals surface area contributed by atoms with Gasteiger partial charge in [0, 0.05) is 12.8 Å². The van der Waals surface area contributed by atoms with Crippen LogP contribution in [0.25, 0.3) is 0 Å². The number of carbonyl (C=O) groups is 2. The lowest BCUT2D eigenvalue weighted by atomic mass is 9.85. The summed E-state index contributed by atoms with van der Waals surface area (Å²) in [5.41, 5.74) is 0.594. The largest absolute Gasteiger partial charge is 0.300 e. The Labute approximate surface area is 285 Å². The van der Waals surface area contributed by atoms with Crippen LogP contribution < -0.4 is 0 Å². The van der Waals surface area contributed by atoms with Crippen LogP contribution in [0.1, 0.15) is 219 Å². The van der Waals surface area contributed by atoms with Gasteiger partial charge in [0.25, 0.3) is 0 Å². The molecular weight excluding hydrogens is 564 g/mol. The molecule has 0 bridgehead atoms. The molecule has 0 saturated carbocycles. The van der Waals surface area contributed by atoms with Gasteiger partial charge in [-0.3, -0.25) is 9.59 Å². The van der Waals surface area contributed by atoms with Gasteiger partial charge >= 0.3 is 0 Å². The van der Waals surface area contributed by atoms with Crippen LogP contribution >= 0.6 is 0 Å². The van der Waals surface area contributed by atoms with Gasteiger partial charge in [0.2, 0.25) is 0 Å². The quantitative estimate of drug-likeness (QED) is 0.0543. The summed E-state index contributed by atoms with van der Waals surface area (Å²) in [7, 11) is 0. The number of carbonyl (C=O) groups excluding carboxylic acids is 2. The highest BCUT2D eigenvalue weighted by Gasteiger charge is 2.27. The first kappa shape index (κ1) is 42.2. The van der Waals surface area contributed by atoms with Crippen molar-refractivity contribution in [3.63, 3.8) is 0 Å². The van der Waals surface area contributed by atoms with Crippen molar-refractivity contribution >= 4 is 23.0 Å². The molecule has 0 aromatic rings. The molecule has 0 fully saturated rings. The molecule has 0 saturated heterocycles. The smallest absolute Gasteiger partial charge is 0.165 e. The number of Topliss-reactive ketones (excluding diaryl/α,β-unsaturated/α-hetero) is 2. The molecule has 0 amide bonds. The topological polar surface area (TPSA) is 81.8 Å². The van der Waals surface area contributed by atoms with Crippen LogP contribution in [-0.2, 0) is 9.59 Å². The zero-order valence-corrected chi connectivity index (χ0v) is 30.6. The molecule has 0 atom stereocenters. The number of ketones is 2. The molecule has 0 heterocycles. The van der Waals surface area contributed by atoms with E-state index in [1.165, 1.54) is 166 Å². The number of hydrogen-bond acceptors (Lipinski definition) is 4. The molecule has 0 spiro atoms. The van der Waals surface area contributed by atoms with Crippen molar-refractivity contribution in [2.75, 3.05) is 0 Å². The number of rotatable bonds is 34. The SMILES string of the molecule is CCCCCCCCCCCCCCCCCC(=O)C1=C(C(=O)CCCCCCCCCCCCCCCCC)C(=N)C=CC1=N. The molecule has 1 aliphatic rings. The van der Waals surface area contributed by atoms with Crippen LogP contribution in [0.4, 0.5) is 0 Å². The Morgan fingerprint density at radius 1 is 0.370 bits per heavy atom. The zero-order chi connectivity index (χ0) is 33.5. The van der Waals surface area contributed by atoms with E-state index in [-0.39, 0.29) is 34.1 Å². The van der Waals surface area contributed by atoms with Gasteiger partial charge in [-0.25, -0.2) is 0 Å². The monoisotopic (exact) mass is 639 g/mol. The van der Waals surface area contributed by atoms with E-state index in [4.69, 9.17) is 10.8 Å². The highest BCUT2D eigenvalue weighted by molar-refractivity contribution is 6.41. The van der Waals surface area contributed by atoms with Crippen LogP contribution in [0.5, 0.6) is 0 Å². The predicted octanol–water partition coefficient (Wildman–Crippen LogP) is 13.6. The van der Waals surface area contributed by atoms with Gasteiger partial charge in [0.15, 0.2) is 11.6 Å². The minimum atomic E-state index is -0.131. The third kappa shape index (κ3) is 21.9. The van der Waals surface area contributed by atoms with Crippen LogP contribution in [-0.4, -0.2) is 23.0 Å². The van der Waals surface area contributed by atoms with E-state index in [1.54, 1.807) is 0 Å². The maximum atomic E-state index is 13.1. The van der Waals surface area contributed by atoms with Gasteiger partial charge in [-0.15, -0.1) is 0 Å². The fraction of sp³-hybridized carbons (Fsp3) is 0.810. The molecule has 2 N–H and O–H groups in total. The Hall–Kier alpha value is -1.84. The van der Waals surface area contributed by atoms with E-state index < -0.39 is 0 Å². The predicted molar refractivity (Wildman–Crippen MR) is 201 cm³/mol. The van der Waals surface area contributed by atoms with E-state index in [0.29, 0.717) is 12.8 Å². The molecule has 1 aliphatic carbocycles. The summed E-state index contributed by atoms with van der Waals surface area (Å²) >= 11 is 0. The summed E-state index contributed by atoms with van der Waals surface area (Å²) in [5.74, 6) is -0.262. The Balaban J connectivity index is 2.17. The van der Waals surface area contributed by atoms with Crippen molar-refractivity contribution in [3.05, 3.63) is 23.3 Å². The molecule has 4 heteroatoms. The van der Waals surface area contributed by atoms with Crippen LogP contribution in [0.3, 0.4) is 0 Å². The Kier molecular flexibility index (Phi) is 28.0. The van der Waals surface area contributed by atoms with E-state index in [9.17, 15) is 9.59 Å². The lowest BCUT2D eigenvalue weighted by molar-refractivity contribution is -0.117. The molecule has 0 aromatic heterocycles. The van der Waals surface area contributed by atoms with E-state index in [0.717, 1.165) is 38.5 Å². The summed E-state index contributed by atoms with van der Waals surface area (Å²) in [6.45, 7) is 4.54. The summed E-state index contributed by atoms with van der Waals surface area (Å²) in [6, 6.07) is 0. The first-order chi connectivity index (χ1) is 22.5. The van der Waals surface area contributed by atoms with Gasteiger partial charge < -0.3 is 10.8 Å². The Bertz CT molecular complexity index is 814. The normalized spacial score (nSPS) is 13.3. The zero-order valence-electron chi connectivity index (χ0n) is 30.6. The summed E-state index contributed by atoms with van der Waals surface area (Å²) in [5, 5.41) is 16.7. The molecular formula is C42H74N2O2. The average molecular weight is 639 g/mol. The molecule has 264 valence electrons. The second kappa shape index (κ2) is 30.5. The molecule has 0 aromatic carbocycles. The number of nitrogens with one attached hydrogen (secondary N) is 2. The molecule has 0 unspecified atom stereocenters. The fourth-order valence-electron chi connectivity index (χ4n) is 6.75. The molecule has 0 aliphatic heterocycles. The summed E-state index contributed by atoms with van der Waals surface area (Å²) in [6.07, 6.45) is 42.1. The van der Waals surface area contributed by atoms with E-state index in [2.05, 4.69) is 13.8 Å². The van der Waals surface area contributed by atoms with E-state index >= 15 is 0 Å². The lowest BCUT2D eigenvalue weighted by Crippen LogP contribution is -2.25.